The van der Waals surface area contributed by atoms with Crippen LogP contribution in [0, 0.1) is 26.7 Å². The van der Waals surface area contributed by atoms with Crippen molar-refractivity contribution in [2.45, 2.75) is 46.5 Å². The first-order valence-electron chi connectivity index (χ1n) is 12.4. The van der Waals surface area contributed by atoms with Gasteiger partial charge in [-0.1, -0.05) is 30.3 Å². The average Bonchev–Trinajstić information content (AvgIpc) is 3.21. The van der Waals surface area contributed by atoms with E-state index in [1.807, 2.05) is 45.0 Å². The highest BCUT2D eigenvalue weighted by molar-refractivity contribution is 6.05. The van der Waals surface area contributed by atoms with Crippen molar-refractivity contribution in [1.29, 1.82) is 0 Å². The summed E-state index contributed by atoms with van der Waals surface area (Å²) < 4.78 is 11.9. The summed E-state index contributed by atoms with van der Waals surface area (Å²) in [6.07, 6.45) is 1.67. The monoisotopic (exact) mass is 486 g/mol. The summed E-state index contributed by atoms with van der Waals surface area (Å²) in [5.74, 6) is 0.302. The highest BCUT2D eigenvalue weighted by atomic mass is 16.4. The van der Waals surface area contributed by atoms with Crippen molar-refractivity contribution < 1.29 is 18.4 Å². The summed E-state index contributed by atoms with van der Waals surface area (Å²) in [5.41, 5.74) is 10.4. The summed E-state index contributed by atoms with van der Waals surface area (Å²) in [5, 5.41) is 1.82. The van der Waals surface area contributed by atoms with Crippen LogP contribution in [0.4, 0.5) is 0 Å². The Labute approximate surface area is 208 Å². The number of likely N-dealkylation sites (tertiary alicyclic amines) is 1. The van der Waals surface area contributed by atoms with Crippen molar-refractivity contribution in [2.75, 3.05) is 13.1 Å². The van der Waals surface area contributed by atoms with E-state index < -0.39 is 5.63 Å². The summed E-state index contributed by atoms with van der Waals surface area (Å²) in [7, 11) is 0. The maximum absolute atomic E-state index is 13.0. The third kappa shape index (κ3) is 4.08. The zero-order valence-corrected chi connectivity index (χ0v) is 20.8. The van der Waals surface area contributed by atoms with Crippen LogP contribution < -0.4 is 11.4 Å². The molecule has 2 aromatic carbocycles. The number of benzene rings is 2. The zero-order chi connectivity index (χ0) is 25.6. The Kier molecular flexibility index (Phi) is 6.16. The van der Waals surface area contributed by atoms with E-state index in [1.54, 1.807) is 4.90 Å². The van der Waals surface area contributed by atoms with Gasteiger partial charge in [-0.3, -0.25) is 9.59 Å². The van der Waals surface area contributed by atoms with Gasteiger partial charge < -0.3 is 19.5 Å². The van der Waals surface area contributed by atoms with Gasteiger partial charge in [0, 0.05) is 52.9 Å². The van der Waals surface area contributed by atoms with Crippen LogP contribution in [0.2, 0.25) is 0 Å². The molecule has 1 aliphatic rings. The van der Waals surface area contributed by atoms with Gasteiger partial charge in [0.1, 0.15) is 16.9 Å². The quantitative estimate of drug-likeness (QED) is 0.408. The smallest absolute Gasteiger partial charge is 0.339 e. The van der Waals surface area contributed by atoms with Crippen molar-refractivity contribution in [3.8, 4) is 11.1 Å². The number of primary amides is 1. The van der Waals surface area contributed by atoms with Crippen molar-refractivity contribution in [3.63, 3.8) is 0 Å². The van der Waals surface area contributed by atoms with Crippen LogP contribution in [-0.2, 0) is 16.0 Å². The van der Waals surface area contributed by atoms with E-state index in [0.29, 0.717) is 49.1 Å². The lowest BCUT2D eigenvalue weighted by atomic mass is 9.95. The van der Waals surface area contributed by atoms with Gasteiger partial charge in [-0.2, -0.15) is 0 Å². The second-order valence-corrected chi connectivity index (χ2v) is 9.70. The molecule has 0 spiro atoms. The molecule has 1 aliphatic heterocycles. The third-order valence-corrected chi connectivity index (χ3v) is 7.53. The van der Waals surface area contributed by atoms with E-state index in [1.165, 1.54) is 0 Å². The third-order valence-electron chi connectivity index (χ3n) is 7.53. The number of amides is 2. The van der Waals surface area contributed by atoms with E-state index >= 15 is 0 Å². The Bertz CT molecular complexity index is 1540. The summed E-state index contributed by atoms with van der Waals surface area (Å²) in [6.45, 7) is 6.79. The van der Waals surface area contributed by atoms with Crippen molar-refractivity contribution in [1.82, 2.24) is 4.90 Å². The van der Waals surface area contributed by atoms with Gasteiger partial charge in [0.2, 0.25) is 11.8 Å². The number of hydrogen-bond acceptors (Lipinski definition) is 5. The van der Waals surface area contributed by atoms with Gasteiger partial charge in [0.05, 0.1) is 0 Å². The number of nitrogens with zero attached hydrogens (tertiary/aromatic N) is 1. The standard InChI is InChI=1S/C29H30N2O5/c1-16-21(9-10-24(32)31-13-11-20(12-14-31)28(30)33)29(34)36-26-17(2)27-23(15-22(16)26)25(18(3)35-27)19-7-5-4-6-8-19/h4-8,15,20H,9-14H2,1-3H3,(H2,30,33). The highest BCUT2D eigenvalue weighted by Gasteiger charge is 2.26. The molecule has 3 heterocycles. The second-order valence-electron chi connectivity index (χ2n) is 9.70. The number of hydrogen-bond donors (Lipinski definition) is 1. The normalized spacial score (nSPS) is 14.6. The molecule has 1 fully saturated rings. The van der Waals surface area contributed by atoms with E-state index in [-0.39, 0.29) is 24.2 Å². The number of furan rings is 1. The van der Waals surface area contributed by atoms with Gasteiger partial charge in [-0.15, -0.1) is 0 Å². The van der Waals surface area contributed by atoms with E-state index in [0.717, 1.165) is 38.8 Å². The molecule has 7 nitrogen and oxygen atoms in total. The van der Waals surface area contributed by atoms with Gasteiger partial charge in [0.25, 0.3) is 0 Å². The molecule has 5 rings (SSSR count). The maximum Gasteiger partial charge on any atom is 0.339 e. The number of piperidine rings is 1. The number of carbonyl (C=O) groups excluding carboxylic acids is 2. The molecule has 0 atom stereocenters. The van der Waals surface area contributed by atoms with Crippen LogP contribution >= 0.6 is 0 Å². The lowest BCUT2D eigenvalue weighted by molar-refractivity contribution is -0.134. The zero-order valence-electron chi connectivity index (χ0n) is 20.8. The van der Waals surface area contributed by atoms with Crippen molar-refractivity contribution in [2.24, 2.45) is 11.7 Å². The molecule has 2 aromatic heterocycles. The first-order valence-corrected chi connectivity index (χ1v) is 12.4. The number of carbonyl (C=O) groups is 2. The maximum atomic E-state index is 13.0. The number of rotatable bonds is 5. The summed E-state index contributed by atoms with van der Waals surface area (Å²) >= 11 is 0. The van der Waals surface area contributed by atoms with Gasteiger partial charge in [-0.05, 0) is 57.2 Å². The fraction of sp³-hybridized carbons (Fsp3) is 0.345. The fourth-order valence-corrected chi connectivity index (χ4v) is 5.43. The molecule has 1 saturated heterocycles. The van der Waals surface area contributed by atoms with Crippen LogP contribution in [0.5, 0.6) is 0 Å². The molecule has 2 amide bonds. The van der Waals surface area contributed by atoms with Crippen molar-refractivity contribution in [3.05, 3.63) is 69.3 Å². The molecule has 0 saturated carbocycles. The van der Waals surface area contributed by atoms with Crippen molar-refractivity contribution >= 4 is 33.8 Å². The molecule has 2 N–H and O–H groups in total. The van der Waals surface area contributed by atoms with Gasteiger partial charge >= 0.3 is 5.63 Å². The van der Waals surface area contributed by atoms with Gasteiger partial charge in [0.15, 0.2) is 0 Å². The summed E-state index contributed by atoms with van der Waals surface area (Å²) in [4.78, 5) is 39.0. The number of nitrogens with two attached hydrogens (primary N) is 1. The second kappa shape index (κ2) is 9.30. The molecule has 7 heteroatoms. The number of fused-ring (bicyclic) bond motifs is 2. The Balaban J connectivity index is 1.48. The first-order chi connectivity index (χ1) is 17.3. The SMILES string of the molecule is Cc1oc2c(C)c3oc(=O)c(CCC(=O)N4CCC(C(N)=O)CC4)c(C)c3cc2c1-c1ccccc1. The molecular formula is C29H30N2O5. The van der Waals surface area contributed by atoms with Crippen LogP contribution in [0.15, 0.2) is 50.0 Å². The number of aryl methyl sites for hydroxylation is 3. The molecular weight excluding hydrogens is 456 g/mol. The van der Waals surface area contributed by atoms with Gasteiger partial charge in [-0.25, -0.2) is 4.79 Å². The molecule has 0 bridgehead atoms. The largest absolute Gasteiger partial charge is 0.460 e. The van der Waals surface area contributed by atoms with Crippen LogP contribution in [0.25, 0.3) is 33.1 Å². The predicted octanol–water partition coefficient (Wildman–Crippen LogP) is 4.79. The minimum Gasteiger partial charge on any atom is -0.460 e. The Morgan fingerprint density at radius 2 is 1.64 bits per heavy atom. The molecule has 36 heavy (non-hydrogen) atoms. The molecule has 0 aliphatic carbocycles. The average molecular weight is 487 g/mol. The van der Waals surface area contributed by atoms with Crippen LogP contribution in [-0.4, -0.2) is 29.8 Å². The first kappa shape index (κ1) is 23.9. The minimum absolute atomic E-state index is 0.0275. The lowest BCUT2D eigenvalue weighted by Crippen LogP contribution is -2.41. The highest BCUT2D eigenvalue weighted by Crippen LogP contribution is 2.39. The summed E-state index contributed by atoms with van der Waals surface area (Å²) in [6, 6.07) is 12.1. The fourth-order valence-electron chi connectivity index (χ4n) is 5.43. The van der Waals surface area contributed by atoms with E-state index in [4.69, 9.17) is 14.6 Å². The molecule has 186 valence electrons. The van der Waals surface area contributed by atoms with Crippen LogP contribution in [0.3, 0.4) is 0 Å². The molecule has 0 radical (unpaired) electrons. The molecule has 4 aromatic rings. The van der Waals surface area contributed by atoms with E-state index in [9.17, 15) is 14.4 Å². The minimum atomic E-state index is -0.422. The Morgan fingerprint density at radius 1 is 0.972 bits per heavy atom. The lowest BCUT2D eigenvalue weighted by Gasteiger charge is -2.30. The van der Waals surface area contributed by atoms with E-state index in [2.05, 4.69) is 12.1 Å². The molecule has 0 unspecified atom stereocenters. The Hall–Kier alpha value is -3.87. The topological polar surface area (TPSA) is 107 Å². The Morgan fingerprint density at radius 3 is 2.31 bits per heavy atom. The van der Waals surface area contributed by atoms with Crippen LogP contribution in [0.1, 0.15) is 41.7 Å². The predicted molar refractivity (Wildman–Crippen MR) is 139 cm³/mol.